The highest BCUT2D eigenvalue weighted by Crippen LogP contribution is 2.27. The Labute approximate surface area is 136 Å². The number of thioether (sulfide) groups is 1. The van der Waals surface area contributed by atoms with Crippen molar-refractivity contribution < 1.29 is 9.90 Å². The van der Waals surface area contributed by atoms with Gasteiger partial charge in [-0.25, -0.2) is 9.78 Å². The topological polar surface area (TPSA) is 72.2 Å². The number of carbonyl (C=O) groups is 1. The first-order chi connectivity index (χ1) is 11.0. The molecule has 0 fully saturated rings. The molecule has 0 radical (unpaired) electrons. The maximum absolute atomic E-state index is 12.6. The Morgan fingerprint density at radius 1 is 1.17 bits per heavy atom. The molecule has 0 aliphatic heterocycles. The summed E-state index contributed by atoms with van der Waals surface area (Å²) in [5.41, 5.74) is 1.27. The van der Waals surface area contributed by atoms with Crippen LogP contribution in [0.2, 0.25) is 0 Å². The Kier molecular flexibility index (Phi) is 3.92. The fourth-order valence-corrected chi connectivity index (χ4v) is 3.29. The quantitative estimate of drug-likeness (QED) is 0.749. The van der Waals surface area contributed by atoms with E-state index in [9.17, 15) is 14.7 Å². The number of carboxylic acids is 1. The molecule has 23 heavy (non-hydrogen) atoms. The summed E-state index contributed by atoms with van der Waals surface area (Å²) in [6.07, 6.45) is 1.75. The highest BCUT2D eigenvalue weighted by molar-refractivity contribution is 7.98. The molecule has 3 aromatic rings. The summed E-state index contributed by atoms with van der Waals surface area (Å²) >= 11 is 1.22. The number of hydrogen-bond donors (Lipinski definition) is 1. The molecule has 2 aromatic heterocycles. The van der Waals surface area contributed by atoms with Crippen molar-refractivity contribution in [1.82, 2.24) is 9.55 Å². The van der Waals surface area contributed by atoms with Crippen LogP contribution in [0.15, 0.2) is 52.3 Å². The molecule has 0 amide bonds. The molecule has 0 spiro atoms. The van der Waals surface area contributed by atoms with Crippen molar-refractivity contribution in [3.8, 4) is 5.69 Å². The van der Waals surface area contributed by atoms with Gasteiger partial charge < -0.3 is 5.11 Å². The van der Waals surface area contributed by atoms with Gasteiger partial charge in [0, 0.05) is 11.4 Å². The minimum absolute atomic E-state index is 0.223. The third-order valence-corrected chi connectivity index (χ3v) is 4.31. The molecule has 0 saturated carbocycles. The van der Waals surface area contributed by atoms with E-state index in [2.05, 4.69) is 4.98 Å². The smallest absolute Gasteiger partial charge is 0.342 e. The highest BCUT2D eigenvalue weighted by Gasteiger charge is 2.23. The van der Waals surface area contributed by atoms with E-state index >= 15 is 0 Å². The van der Waals surface area contributed by atoms with Crippen molar-refractivity contribution in [1.29, 1.82) is 0 Å². The van der Waals surface area contributed by atoms with E-state index in [1.807, 2.05) is 37.3 Å². The second kappa shape index (κ2) is 5.89. The fraction of sp³-hybridized carbons (Fsp3) is 0.118. The minimum atomic E-state index is -1.23. The zero-order valence-electron chi connectivity index (χ0n) is 12.6. The normalized spacial score (nSPS) is 10.9. The average Bonchev–Trinajstić information content (AvgIpc) is 2.54. The third-order valence-electron chi connectivity index (χ3n) is 3.54. The number of para-hydroxylation sites is 1. The zero-order chi connectivity index (χ0) is 16.6. The standard InChI is InChI=1S/C17H14N2O3S/c1-10-8-9-12-14(20)13(17(21)22)16(23-2)19(15(12)18-10)11-6-4-3-5-7-11/h3-9H,1-2H3,(H,21,22). The molecule has 0 unspecified atom stereocenters. The molecule has 3 rings (SSSR count). The number of hydrogen-bond acceptors (Lipinski definition) is 4. The van der Waals surface area contributed by atoms with Gasteiger partial charge in [-0.05, 0) is 37.4 Å². The van der Waals surface area contributed by atoms with Crippen LogP contribution >= 0.6 is 11.8 Å². The molecule has 1 aromatic carbocycles. The molecular formula is C17H14N2O3S. The zero-order valence-corrected chi connectivity index (χ0v) is 13.4. The largest absolute Gasteiger partial charge is 0.477 e. The Bertz CT molecular complexity index is 965. The summed E-state index contributed by atoms with van der Waals surface area (Å²) in [5, 5.41) is 10.2. The van der Waals surface area contributed by atoms with Gasteiger partial charge in [0.1, 0.15) is 11.2 Å². The molecule has 0 aliphatic carbocycles. The molecule has 0 aliphatic rings. The Balaban J connectivity index is 2.59. The van der Waals surface area contributed by atoms with Gasteiger partial charge in [-0.15, -0.1) is 11.8 Å². The van der Waals surface area contributed by atoms with Crippen molar-refractivity contribution in [2.24, 2.45) is 0 Å². The summed E-state index contributed by atoms with van der Waals surface area (Å²) in [7, 11) is 0. The van der Waals surface area contributed by atoms with Crippen LogP contribution in [0, 0.1) is 6.92 Å². The first-order valence-corrected chi connectivity index (χ1v) is 8.16. The van der Waals surface area contributed by atoms with E-state index in [-0.39, 0.29) is 5.56 Å². The number of rotatable bonds is 3. The average molecular weight is 326 g/mol. The predicted octanol–water partition coefficient (Wildman–Crippen LogP) is 3.11. The first kappa shape index (κ1) is 15.3. The van der Waals surface area contributed by atoms with Gasteiger partial charge in [-0.1, -0.05) is 18.2 Å². The summed E-state index contributed by atoms with van der Waals surface area (Å²) in [5.74, 6) is -1.23. The lowest BCUT2D eigenvalue weighted by atomic mass is 10.1. The number of aromatic carboxylic acids is 1. The maximum atomic E-state index is 12.6. The highest BCUT2D eigenvalue weighted by atomic mass is 32.2. The van der Waals surface area contributed by atoms with Gasteiger partial charge in [0.2, 0.25) is 5.43 Å². The number of carboxylic acid groups (broad SMARTS) is 1. The van der Waals surface area contributed by atoms with Crippen LogP contribution < -0.4 is 5.43 Å². The Hall–Kier alpha value is -2.60. The van der Waals surface area contributed by atoms with Crippen LogP contribution in [-0.2, 0) is 0 Å². The summed E-state index contributed by atoms with van der Waals surface area (Å²) < 4.78 is 1.73. The second-order valence-corrected chi connectivity index (χ2v) is 5.81. The van der Waals surface area contributed by atoms with Crippen LogP contribution in [-0.4, -0.2) is 26.9 Å². The van der Waals surface area contributed by atoms with E-state index in [0.29, 0.717) is 16.1 Å². The van der Waals surface area contributed by atoms with Gasteiger partial charge in [0.05, 0.1) is 10.4 Å². The van der Waals surface area contributed by atoms with Crippen LogP contribution in [0.1, 0.15) is 16.1 Å². The molecule has 0 bridgehead atoms. The van der Waals surface area contributed by atoms with Crippen LogP contribution in [0.3, 0.4) is 0 Å². The second-order valence-electron chi connectivity index (χ2n) is 5.01. The molecule has 0 saturated heterocycles. The van der Waals surface area contributed by atoms with Crippen molar-refractivity contribution in [2.75, 3.05) is 6.26 Å². The lowest BCUT2D eigenvalue weighted by Gasteiger charge is -2.17. The molecule has 0 atom stereocenters. The van der Waals surface area contributed by atoms with Gasteiger partial charge in [-0.3, -0.25) is 9.36 Å². The van der Waals surface area contributed by atoms with E-state index < -0.39 is 11.4 Å². The Morgan fingerprint density at radius 2 is 1.87 bits per heavy atom. The molecule has 1 N–H and O–H groups in total. The number of pyridine rings is 2. The molecular weight excluding hydrogens is 312 g/mol. The van der Waals surface area contributed by atoms with Crippen LogP contribution in [0.25, 0.3) is 16.7 Å². The van der Waals surface area contributed by atoms with E-state index in [4.69, 9.17) is 0 Å². The van der Waals surface area contributed by atoms with Gasteiger partial charge in [-0.2, -0.15) is 0 Å². The number of fused-ring (bicyclic) bond motifs is 1. The SMILES string of the molecule is CSc1c(C(=O)O)c(=O)c2ccc(C)nc2n1-c1ccccc1. The van der Waals surface area contributed by atoms with Gasteiger partial charge in [0.25, 0.3) is 0 Å². The Morgan fingerprint density at radius 3 is 2.48 bits per heavy atom. The van der Waals surface area contributed by atoms with Crippen LogP contribution in [0.4, 0.5) is 0 Å². The first-order valence-electron chi connectivity index (χ1n) is 6.93. The van der Waals surface area contributed by atoms with Crippen molar-refractivity contribution >= 4 is 28.8 Å². The number of aryl methyl sites for hydroxylation is 1. The number of nitrogens with zero attached hydrogens (tertiary/aromatic N) is 2. The van der Waals surface area contributed by atoms with Crippen molar-refractivity contribution in [3.05, 3.63) is 63.9 Å². The van der Waals surface area contributed by atoms with Crippen molar-refractivity contribution in [2.45, 2.75) is 11.9 Å². The third kappa shape index (κ3) is 2.51. The molecule has 5 nitrogen and oxygen atoms in total. The molecule has 116 valence electrons. The maximum Gasteiger partial charge on any atom is 0.342 e. The van der Waals surface area contributed by atoms with E-state index in [0.717, 1.165) is 11.4 Å². The lowest BCUT2D eigenvalue weighted by Crippen LogP contribution is -2.22. The van der Waals surface area contributed by atoms with Crippen molar-refractivity contribution in [3.63, 3.8) is 0 Å². The minimum Gasteiger partial charge on any atom is -0.477 e. The summed E-state index contributed by atoms with van der Waals surface area (Å²) in [6, 6.07) is 12.7. The summed E-state index contributed by atoms with van der Waals surface area (Å²) in [4.78, 5) is 28.7. The van der Waals surface area contributed by atoms with Crippen LogP contribution in [0.5, 0.6) is 0 Å². The predicted molar refractivity (Wildman–Crippen MR) is 90.8 cm³/mol. The number of aromatic nitrogens is 2. The summed E-state index contributed by atoms with van der Waals surface area (Å²) in [6.45, 7) is 1.84. The monoisotopic (exact) mass is 326 g/mol. The molecule has 2 heterocycles. The van der Waals surface area contributed by atoms with Gasteiger partial charge >= 0.3 is 5.97 Å². The van der Waals surface area contributed by atoms with E-state index in [1.54, 1.807) is 23.0 Å². The molecule has 6 heteroatoms. The fourth-order valence-electron chi connectivity index (χ4n) is 2.53. The van der Waals surface area contributed by atoms with Gasteiger partial charge in [0.15, 0.2) is 0 Å². The lowest BCUT2D eigenvalue weighted by molar-refractivity contribution is 0.0690. The number of benzene rings is 1. The van der Waals surface area contributed by atoms with E-state index in [1.165, 1.54) is 11.8 Å².